The van der Waals surface area contributed by atoms with Crippen LogP contribution in [0.25, 0.3) is 10.9 Å². The Balaban J connectivity index is 2.71. The standard InChI is InChI=1S/C12H12N2O3/c1-6-3-4-8-9(5-6)14-11(12(16)17)10(8)13-7(2)15/h3-5,14H,1-2H3,(H,13,15)(H,16,17). The highest BCUT2D eigenvalue weighted by molar-refractivity contribution is 6.10. The molecule has 0 spiro atoms. The summed E-state index contributed by atoms with van der Waals surface area (Å²) in [5.41, 5.74) is 2.04. The van der Waals surface area contributed by atoms with E-state index in [4.69, 9.17) is 5.11 Å². The molecule has 88 valence electrons. The van der Waals surface area contributed by atoms with Crippen molar-refractivity contribution in [1.29, 1.82) is 0 Å². The molecule has 1 aromatic heterocycles. The summed E-state index contributed by atoms with van der Waals surface area (Å²) in [4.78, 5) is 24.9. The third-order valence-electron chi connectivity index (χ3n) is 2.47. The molecule has 0 fully saturated rings. The molecule has 0 radical (unpaired) electrons. The molecule has 1 aromatic carbocycles. The van der Waals surface area contributed by atoms with Gasteiger partial charge in [0.25, 0.3) is 0 Å². The van der Waals surface area contributed by atoms with Crippen LogP contribution in [0.15, 0.2) is 18.2 Å². The number of fused-ring (bicyclic) bond motifs is 1. The second kappa shape index (κ2) is 3.93. The number of nitrogens with one attached hydrogen (secondary N) is 2. The lowest BCUT2D eigenvalue weighted by Gasteiger charge is -2.01. The van der Waals surface area contributed by atoms with E-state index in [1.54, 1.807) is 6.07 Å². The normalized spacial score (nSPS) is 10.5. The monoisotopic (exact) mass is 232 g/mol. The number of amides is 1. The number of rotatable bonds is 2. The molecular formula is C12H12N2O3. The Morgan fingerprint density at radius 2 is 2.06 bits per heavy atom. The van der Waals surface area contributed by atoms with E-state index in [1.807, 2.05) is 19.1 Å². The fraction of sp³-hybridized carbons (Fsp3) is 0.167. The first-order chi connectivity index (χ1) is 7.99. The van der Waals surface area contributed by atoms with E-state index in [2.05, 4.69) is 10.3 Å². The largest absolute Gasteiger partial charge is 0.477 e. The fourth-order valence-corrected chi connectivity index (χ4v) is 1.78. The SMILES string of the molecule is CC(=O)Nc1c(C(=O)O)[nH]c2cc(C)ccc12. The van der Waals surface area contributed by atoms with E-state index in [-0.39, 0.29) is 11.6 Å². The summed E-state index contributed by atoms with van der Waals surface area (Å²) in [5.74, 6) is -1.39. The summed E-state index contributed by atoms with van der Waals surface area (Å²) in [6, 6.07) is 5.50. The van der Waals surface area contributed by atoms with Crippen molar-refractivity contribution in [3.05, 3.63) is 29.5 Å². The lowest BCUT2D eigenvalue weighted by molar-refractivity contribution is -0.114. The second-order valence-corrected chi connectivity index (χ2v) is 3.91. The summed E-state index contributed by atoms with van der Waals surface area (Å²) in [7, 11) is 0. The summed E-state index contributed by atoms with van der Waals surface area (Å²) < 4.78 is 0. The average Bonchev–Trinajstić information content (AvgIpc) is 2.55. The van der Waals surface area contributed by atoms with Gasteiger partial charge in [0.2, 0.25) is 5.91 Å². The summed E-state index contributed by atoms with van der Waals surface area (Å²) >= 11 is 0. The molecule has 0 aliphatic carbocycles. The molecule has 3 N–H and O–H groups in total. The van der Waals surface area contributed by atoms with E-state index in [0.717, 1.165) is 5.56 Å². The highest BCUT2D eigenvalue weighted by Crippen LogP contribution is 2.28. The van der Waals surface area contributed by atoms with Gasteiger partial charge in [-0.05, 0) is 18.6 Å². The number of anilines is 1. The van der Waals surface area contributed by atoms with Gasteiger partial charge in [-0.1, -0.05) is 12.1 Å². The number of aromatic nitrogens is 1. The Kier molecular flexibility index (Phi) is 2.59. The van der Waals surface area contributed by atoms with Gasteiger partial charge in [-0.15, -0.1) is 0 Å². The zero-order valence-electron chi connectivity index (χ0n) is 9.50. The summed E-state index contributed by atoms with van der Waals surface area (Å²) in [6.45, 7) is 3.26. The van der Waals surface area contributed by atoms with Crippen LogP contribution in [0.1, 0.15) is 23.0 Å². The number of aryl methyl sites for hydroxylation is 1. The van der Waals surface area contributed by atoms with Crippen LogP contribution in [0, 0.1) is 6.92 Å². The molecule has 17 heavy (non-hydrogen) atoms. The molecule has 5 heteroatoms. The van der Waals surface area contributed by atoms with Gasteiger partial charge in [0, 0.05) is 17.8 Å². The maximum Gasteiger partial charge on any atom is 0.354 e. The quantitative estimate of drug-likeness (QED) is 0.741. The van der Waals surface area contributed by atoms with Gasteiger partial charge in [0.05, 0.1) is 5.69 Å². The van der Waals surface area contributed by atoms with Crippen molar-refractivity contribution in [3.8, 4) is 0 Å². The molecule has 0 saturated heterocycles. The van der Waals surface area contributed by atoms with Gasteiger partial charge in [-0.2, -0.15) is 0 Å². The number of carbonyl (C=O) groups is 2. The number of hydrogen-bond donors (Lipinski definition) is 3. The van der Waals surface area contributed by atoms with Crippen molar-refractivity contribution in [2.75, 3.05) is 5.32 Å². The molecule has 0 atom stereocenters. The topological polar surface area (TPSA) is 82.2 Å². The Morgan fingerprint density at radius 1 is 1.35 bits per heavy atom. The van der Waals surface area contributed by atoms with Gasteiger partial charge in [0.15, 0.2) is 0 Å². The Morgan fingerprint density at radius 3 is 2.65 bits per heavy atom. The third kappa shape index (κ3) is 1.99. The Labute approximate surface area is 97.4 Å². The van der Waals surface area contributed by atoms with Crippen LogP contribution < -0.4 is 5.32 Å². The zero-order chi connectivity index (χ0) is 12.6. The molecule has 0 unspecified atom stereocenters. The molecule has 1 amide bonds. The molecule has 0 aliphatic heterocycles. The van der Waals surface area contributed by atoms with Gasteiger partial charge >= 0.3 is 5.97 Å². The van der Waals surface area contributed by atoms with Crippen molar-refractivity contribution in [3.63, 3.8) is 0 Å². The van der Waals surface area contributed by atoms with Crippen molar-refractivity contribution in [1.82, 2.24) is 4.98 Å². The van der Waals surface area contributed by atoms with Gasteiger partial charge < -0.3 is 15.4 Å². The second-order valence-electron chi connectivity index (χ2n) is 3.91. The number of carboxylic acids is 1. The maximum absolute atomic E-state index is 11.1. The number of aromatic amines is 1. The van der Waals surface area contributed by atoms with Gasteiger partial charge in [0.1, 0.15) is 5.69 Å². The van der Waals surface area contributed by atoms with E-state index in [1.165, 1.54) is 6.92 Å². The van der Waals surface area contributed by atoms with Crippen LogP contribution >= 0.6 is 0 Å². The van der Waals surface area contributed by atoms with Crippen molar-refractivity contribution in [2.45, 2.75) is 13.8 Å². The molecular weight excluding hydrogens is 220 g/mol. The molecule has 0 aliphatic rings. The minimum atomic E-state index is -1.09. The lowest BCUT2D eigenvalue weighted by Crippen LogP contribution is -2.09. The zero-order valence-corrected chi connectivity index (χ0v) is 9.50. The summed E-state index contributed by atoms with van der Waals surface area (Å²) in [5, 5.41) is 12.3. The summed E-state index contributed by atoms with van der Waals surface area (Å²) in [6.07, 6.45) is 0. The minimum absolute atomic E-state index is 0.000741. The third-order valence-corrected chi connectivity index (χ3v) is 2.47. The van der Waals surface area contributed by atoms with E-state index in [9.17, 15) is 9.59 Å². The van der Waals surface area contributed by atoms with Crippen LogP contribution in [0.2, 0.25) is 0 Å². The molecule has 0 bridgehead atoms. The molecule has 5 nitrogen and oxygen atoms in total. The van der Waals surface area contributed by atoms with Crippen LogP contribution in [0.3, 0.4) is 0 Å². The average molecular weight is 232 g/mol. The van der Waals surface area contributed by atoms with Gasteiger partial charge in [-0.3, -0.25) is 4.79 Å². The maximum atomic E-state index is 11.1. The molecule has 2 rings (SSSR count). The van der Waals surface area contributed by atoms with Crippen molar-refractivity contribution < 1.29 is 14.7 Å². The van der Waals surface area contributed by atoms with E-state index in [0.29, 0.717) is 16.6 Å². The van der Waals surface area contributed by atoms with Crippen molar-refractivity contribution >= 4 is 28.5 Å². The fourth-order valence-electron chi connectivity index (χ4n) is 1.78. The van der Waals surface area contributed by atoms with Crippen LogP contribution in [0.5, 0.6) is 0 Å². The highest BCUT2D eigenvalue weighted by atomic mass is 16.4. The Hall–Kier alpha value is -2.30. The first kappa shape index (κ1) is 11.2. The molecule has 2 aromatic rings. The number of H-pyrrole nitrogens is 1. The number of hydrogen-bond acceptors (Lipinski definition) is 2. The molecule has 0 saturated carbocycles. The van der Waals surface area contributed by atoms with E-state index < -0.39 is 5.97 Å². The van der Waals surface area contributed by atoms with E-state index >= 15 is 0 Å². The van der Waals surface area contributed by atoms with Crippen LogP contribution in [0.4, 0.5) is 5.69 Å². The number of carbonyl (C=O) groups excluding carboxylic acids is 1. The minimum Gasteiger partial charge on any atom is -0.477 e. The Bertz CT molecular complexity index is 613. The number of aromatic carboxylic acids is 1. The lowest BCUT2D eigenvalue weighted by atomic mass is 10.1. The first-order valence-electron chi connectivity index (χ1n) is 5.12. The predicted molar refractivity (Wildman–Crippen MR) is 64.3 cm³/mol. The molecule has 1 heterocycles. The van der Waals surface area contributed by atoms with Crippen LogP contribution in [-0.2, 0) is 4.79 Å². The first-order valence-corrected chi connectivity index (χ1v) is 5.12. The highest BCUT2D eigenvalue weighted by Gasteiger charge is 2.17. The number of carboxylic acid groups (broad SMARTS) is 1. The predicted octanol–water partition coefficient (Wildman–Crippen LogP) is 2.13. The van der Waals surface area contributed by atoms with Crippen molar-refractivity contribution in [2.24, 2.45) is 0 Å². The smallest absolute Gasteiger partial charge is 0.354 e. The number of benzene rings is 1. The van der Waals surface area contributed by atoms with Crippen LogP contribution in [-0.4, -0.2) is 22.0 Å². The van der Waals surface area contributed by atoms with Gasteiger partial charge in [-0.25, -0.2) is 4.79 Å².